The fraction of sp³-hybridized carbons (Fsp3) is 0.462. The van der Waals surface area contributed by atoms with Gasteiger partial charge in [0.15, 0.2) is 5.65 Å². The van der Waals surface area contributed by atoms with Crippen molar-refractivity contribution >= 4 is 45.7 Å². The summed E-state index contributed by atoms with van der Waals surface area (Å²) in [5.41, 5.74) is 4.37. The summed E-state index contributed by atoms with van der Waals surface area (Å²) in [5.74, 6) is 0.117. The number of primary amides is 1. The number of nitrogens with zero attached hydrogens (tertiary/aromatic N) is 6. The van der Waals surface area contributed by atoms with E-state index >= 15 is 0 Å². The van der Waals surface area contributed by atoms with Gasteiger partial charge in [0.2, 0.25) is 11.8 Å². The van der Waals surface area contributed by atoms with Gasteiger partial charge in [0, 0.05) is 29.2 Å². The Morgan fingerprint density at radius 1 is 1.27 bits per heavy atom. The molecule has 2 amide bonds. The molecule has 0 spiro atoms. The zero-order valence-electron chi connectivity index (χ0n) is 28.6. The molecule has 2 fully saturated rings. The topological polar surface area (TPSA) is 173 Å². The Hall–Kier alpha value is -4.62. The van der Waals surface area contributed by atoms with Gasteiger partial charge in [0.1, 0.15) is 17.2 Å². The number of aryl methyl sites for hydroxylation is 1. The quantitative estimate of drug-likeness (QED) is 0.307. The van der Waals surface area contributed by atoms with Crippen molar-refractivity contribution in [3.05, 3.63) is 34.9 Å². The van der Waals surface area contributed by atoms with E-state index in [1.165, 1.54) is 28.6 Å². The van der Waals surface area contributed by atoms with Gasteiger partial charge in [-0.3, -0.25) is 13.9 Å². The largest absolute Gasteiger partial charge is 0.479 e. The molecule has 0 unspecified atom stereocenters. The van der Waals surface area contributed by atoms with Gasteiger partial charge in [-0.05, 0) is 43.7 Å². The summed E-state index contributed by atoms with van der Waals surface area (Å²) < 4.78 is 67.1. The molecule has 4 N–H and O–H groups in total. The number of nitrogens with one attached hydrogen (secondary N) is 2. The molecule has 0 aliphatic heterocycles. The summed E-state index contributed by atoms with van der Waals surface area (Å²) in [7, 11) is -1.56. The standard InChI is InChI=1S/C26H31N9O5/c1-13-11-26(13,23(27)36)35-21-16(22(32-35)39-3)7-8-19(31-21)30-20-10-17-18(12-28-20)33(2)25(38)34(17)15-6-5-14(9-15)29-24(37)40-4/h7-8,10,12-15H,5-6,9,11H2,1-4H3,(H2,27,36)(H,29,37)(H,28,30,31)/t13-,14+,15+,26-/m0/s1/i2D3,4D3,14D. The second kappa shape index (κ2) is 9.24. The van der Waals surface area contributed by atoms with Crippen LogP contribution in [0, 0.1) is 5.92 Å². The van der Waals surface area contributed by atoms with Gasteiger partial charge in [0.05, 0.1) is 42.2 Å². The lowest BCUT2D eigenvalue weighted by atomic mass is 10.2. The van der Waals surface area contributed by atoms with E-state index in [0.29, 0.717) is 22.0 Å². The predicted octanol–water partition coefficient (Wildman–Crippen LogP) is 1.90. The number of alkyl carbamates (subject to hydrolysis) is 1. The Morgan fingerprint density at radius 3 is 2.80 bits per heavy atom. The van der Waals surface area contributed by atoms with Gasteiger partial charge in [-0.2, -0.15) is 0 Å². The van der Waals surface area contributed by atoms with Crippen molar-refractivity contribution in [1.29, 1.82) is 0 Å². The number of rotatable bonds is 7. The first-order valence-corrected chi connectivity index (χ1v) is 12.5. The number of nitrogens with two attached hydrogens (primary N) is 1. The van der Waals surface area contributed by atoms with Crippen molar-refractivity contribution in [3.63, 3.8) is 0 Å². The number of ether oxygens (including phenoxy) is 2. The molecule has 40 heavy (non-hydrogen) atoms. The molecule has 4 atom stereocenters. The minimum Gasteiger partial charge on any atom is -0.479 e. The van der Waals surface area contributed by atoms with E-state index in [-0.39, 0.29) is 53.7 Å². The summed E-state index contributed by atoms with van der Waals surface area (Å²) in [6.07, 6.45) is 0.481. The molecular formula is C26H31N9O5. The van der Waals surface area contributed by atoms with Gasteiger partial charge >= 0.3 is 11.8 Å². The van der Waals surface area contributed by atoms with Crippen LogP contribution in [0.3, 0.4) is 0 Å². The average molecular weight is 557 g/mol. The lowest BCUT2D eigenvalue weighted by Crippen LogP contribution is -2.36. The maximum atomic E-state index is 13.6. The van der Waals surface area contributed by atoms with Crippen LogP contribution < -0.4 is 26.8 Å². The fourth-order valence-electron chi connectivity index (χ4n) is 5.62. The van der Waals surface area contributed by atoms with Crippen LogP contribution in [0.1, 0.15) is 48.2 Å². The number of anilines is 2. The smallest absolute Gasteiger partial charge is 0.407 e. The molecule has 0 aromatic carbocycles. The van der Waals surface area contributed by atoms with Crippen LogP contribution in [0.25, 0.3) is 22.1 Å². The van der Waals surface area contributed by atoms with Crippen molar-refractivity contribution in [3.8, 4) is 5.88 Å². The maximum absolute atomic E-state index is 13.6. The Morgan fingerprint density at radius 2 is 2.10 bits per heavy atom. The van der Waals surface area contributed by atoms with Gasteiger partial charge in [0.25, 0.3) is 0 Å². The summed E-state index contributed by atoms with van der Waals surface area (Å²) in [4.78, 5) is 47.2. The van der Waals surface area contributed by atoms with Gasteiger partial charge in [-0.15, -0.1) is 5.10 Å². The van der Waals surface area contributed by atoms with Gasteiger partial charge in [-0.25, -0.2) is 24.2 Å². The first-order chi connectivity index (χ1) is 21.9. The van der Waals surface area contributed by atoms with E-state index in [1.54, 1.807) is 12.1 Å². The fourth-order valence-corrected chi connectivity index (χ4v) is 5.62. The van der Waals surface area contributed by atoms with Crippen LogP contribution in [0.15, 0.2) is 29.2 Å². The summed E-state index contributed by atoms with van der Waals surface area (Å²) >= 11 is 0. The molecule has 0 saturated heterocycles. The molecule has 14 heteroatoms. The second-order valence-electron chi connectivity index (χ2n) is 10.1. The minimum atomic E-state index is -3.01. The normalized spacial score (nSPS) is 28.9. The van der Waals surface area contributed by atoms with Crippen LogP contribution in [-0.2, 0) is 22.0 Å². The minimum absolute atomic E-state index is 0.00939. The third-order valence-corrected chi connectivity index (χ3v) is 7.78. The number of amides is 2. The number of carbonyl (C=O) groups is 2. The predicted molar refractivity (Wildman–Crippen MR) is 146 cm³/mol. The third-order valence-electron chi connectivity index (χ3n) is 7.78. The lowest BCUT2D eigenvalue weighted by Gasteiger charge is -2.15. The van der Waals surface area contributed by atoms with Gasteiger partial charge < -0.3 is 25.8 Å². The molecule has 2 aliphatic carbocycles. The molecule has 210 valence electrons. The zero-order chi connectivity index (χ0) is 34.3. The number of carbonyl (C=O) groups excluding carboxylic acids is 2. The number of hydrogen-bond acceptors (Lipinski definition) is 9. The highest BCUT2D eigenvalue weighted by Crippen LogP contribution is 2.51. The summed E-state index contributed by atoms with van der Waals surface area (Å²) in [6.45, 7) is -0.985. The highest BCUT2D eigenvalue weighted by molar-refractivity contribution is 5.91. The van der Waals surface area contributed by atoms with Crippen molar-refractivity contribution in [2.45, 2.75) is 50.2 Å². The molecule has 2 saturated carbocycles. The highest BCUT2D eigenvalue weighted by Gasteiger charge is 2.60. The molecule has 4 aromatic rings. The van der Waals surface area contributed by atoms with E-state index in [1.807, 2.05) is 6.92 Å². The monoisotopic (exact) mass is 556 g/mol. The molecule has 0 bridgehead atoms. The third kappa shape index (κ3) is 3.85. The lowest BCUT2D eigenvalue weighted by molar-refractivity contribution is -0.123. The number of aromatic nitrogens is 6. The molecule has 4 aromatic heterocycles. The summed E-state index contributed by atoms with van der Waals surface area (Å²) in [5, 5.41) is 10.3. The highest BCUT2D eigenvalue weighted by atomic mass is 16.5. The molecule has 0 radical (unpaired) electrons. The molecular weight excluding hydrogens is 518 g/mol. The maximum Gasteiger partial charge on any atom is 0.407 e. The molecule has 2 aliphatic rings. The van der Waals surface area contributed by atoms with E-state index < -0.39 is 49.3 Å². The van der Waals surface area contributed by atoms with Crippen LogP contribution in [0.2, 0.25) is 0 Å². The summed E-state index contributed by atoms with van der Waals surface area (Å²) in [6, 6.07) is 2.38. The van der Waals surface area contributed by atoms with Crippen LogP contribution >= 0.6 is 0 Å². The first-order valence-electron chi connectivity index (χ1n) is 16.0. The zero-order valence-corrected chi connectivity index (χ0v) is 21.6. The van der Waals surface area contributed by atoms with Crippen molar-refractivity contribution in [2.24, 2.45) is 18.6 Å². The van der Waals surface area contributed by atoms with Crippen LogP contribution in [-0.4, -0.2) is 61.0 Å². The Balaban J connectivity index is 1.37. The Kier molecular flexibility index (Phi) is 4.30. The second-order valence-corrected chi connectivity index (χ2v) is 10.1. The molecule has 6 rings (SSSR count). The van der Waals surface area contributed by atoms with Crippen LogP contribution in [0.5, 0.6) is 5.88 Å². The molecule has 4 heterocycles. The van der Waals surface area contributed by atoms with Crippen molar-refractivity contribution < 1.29 is 28.7 Å². The van der Waals surface area contributed by atoms with E-state index in [4.69, 9.17) is 20.1 Å². The number of hydrogen-bond donors (Lipinski definition) is 3. The Labute approximate surface area is 238 Å². The van der Waals surface area contributed by atoms with E-state index in [9.17, 15) is 14.4 Å². The van der Waals surface area contributed by atoms with E-state index in [0.717, 1.165) is 0 Å². The Bertz CT molecular complexity index is 1990. The van der Waals surface area contributed by atoms with Gasteiger partial charge in [-0.1, -0.05) is 6.92 Å². The number of imidazole rings is 1. The SMILES string of the molecule is [2H]C([2H])([2H])OC(=O)N[C@]1([2H])CC[C@@H](n2c(=O)n(C([2H])([2H])[2H])c3cnc(Nc4ccc5c(OC)nn([C@@]6(C(N)=O)C[C@@H]6C)c5n4)cc32)C1. The van der Waals surface area contributed by atoms with Crippen molar-refractivity contribution in [1.82, 2.24) is 34.2 Å². The van der Waals surface area contributed by atoms with E-state index in [2.05, 4.69) is 30.4 Å². The van der Waals surface area contributed by atoms with Crippen molar-refractivity contribution in [2.75, 3.05) is 19.5 Å². The number of pyridine rings is 2. The average Bonchev–Trinajstić information content (AvgIpc) is 3.20. The number of fused-ring (bicyclic) bond motifs is 2. The molecule has 14 nitrogen and oxygen atoms in total. The van der Waals surface area contributed by atoms with Crippen LogP contribution in [0.4, 0.5) is 16.4 Å². The first kappa shape index (κ1) is 18.6. The number of methoxy groups -OCH3 is 2.